The van der Waals surface area contributed by atoms with Gasteiger partial charge in [0.25, 0.3) is 5.91 Å². The summed E-state index contributed by atoms with van der Waals surface area (Å²) < 4.78 is 0. The van der Waals surface area contributed by atoms with E-state index in [1.807, 2.05) is 32.0 Å². The fourth-order valence-electron chi connectivity index (χ4n) is 1.75. The second-order valence-corrected chi connectivity index (χ2v) is 4.70. The standard InChI is InChI=1S/C15H18N4O/c1-11(2)19-14-13(7-5-9-17-14)15(20)18-10-12-6-3-4-8-16-12/h3-9,11H,10H2,1-2H3,(H,17,19)(H,18,20). The Balaban J connectivity index is 2.05. The lowest BCUT2D eigenvalue weighted by Crippen LogP contribution is -2.25. The maximum absolute atomic E-state index is 12.2. The summed E-state index contributed by atoms with van der Waals surface area (Å²) in [6.45, 7) is 4.41. The molecule has 5 heteroatoms. The van der Waals surface area contributed by atoms with Crippen molar-refractivity contribution < 1.29 is 4.79 Å². The number of hydrogen-bond acceptors (Lipinski definition) is 4. The predicted octanol–water partition coefficient (Wildman–Crippen LogP) is 2.23. The molecule has 2 aromatic heterocycles. The molecule has 0 bridgehead atoms. The third kappa shape index (κ3) is 3.78. The van der Waals surface area contributed by atoms with E-state index in [-0.39, 0.29) is 11.9 Å². The van der Waals surface area contributed by atoms with E-state index in [2.05, 4.69) is 20.6 Å². The molecule has 5 nitrogen and oxygen atoms in total. The van der Waals surface area contributed by atoms with E-state index in [9.17, 15) is 4.79 Å². The molecule has 0 aliphatic rings. The van der Waals surface area contributed by atoms with Gasteiger partial charge in [-0.3, -0.25) is 9.78 Å². The molecule has 1 amide bonds. The first-order valence-electron chi connectivity index (χ1n) is 6.56. The van der Waals surface area contributed by atoms with Crippen LogP contribution < -0.4 is 10.6 Å². The van der Waals surface area contributed by atoms with E-state index >= 15 is 0 Å². The first-order chi connectivity index (χ1) is 9.66. The van der Waals surface area contributed by atoms with Crippen LogP contribution in [0.4, 0.5) is 5.82 Å². The molecule has 0 saturated carbocycles. The molecule has 0 saturated heterocycles. The average molecular weight is 270 g/mol. The van der Waals surface area contributed by atoms with E-state index in [1.165, 1.54) is 0 Å². The minimum Gasteiger partial charge on any atom is -0.367 e. The normalized spacial score (nSPS) is 10.3. The first kappa shape index (κ1) is 14.0. The highest BCUT2D eigenvalue weighted by Crippen LogP contribution is 2.12. The maximum atomic E-state index is 12.2. The molecule has 0 spiro atoms. The van der Waals surface area contributed by atoms with Gasteiger partial charge in [0.1, 0.15) is 5.82 Å². The van der Waals surface area contributed by atoms with E-state index < -0.39 is 0 Å². The van der Waals surface area contributed by atoms with Crippen molar-refractivity contribution in [3.63, 3.8) is 0 Å². The zero-order valence-electron chi connectivity index (χ0n) is 11.6. The third-order valence-electron chi connectivity index (χ3n) is 2.63. The molecule has 2 N–H and O–H groups in total. The smallest absolute Gasteiger partial charge is 0.255 e. The third-order valence-corrected chi connectivity index (χ3v) is 2.63. The van der Waals surface area contributed by atoms with Crippen LogP contribution >= 0.6 is 0 Å². The lowest BCUT2D eigenvalue weighted by Gasteiger charge is -2.13. The minimum atomic E-state index is -0.160. The highest BCUT2D eigenvalue weighted by Gasteiger charge is 2.12. The van der Waals surface area contributed by atoms with Gasteiger partial charge in [-0.25, -0.2) is 4.98 Å². The van der Waals surface area contributed by atoms with Gasteiger partial charge in [0.15, 0.2) is 0 Å². The van der Waals surface area contributed by atoms with Crippen LogP contribution in [0.15, 0.2) is 42.7 Å². The topological polar surface area (TPSA) is 66.9 Å². The summed E-state index contributed by atoms with van der Waals surface area (Å²) in [5, 5.41) is 6.01. The Kier molecular flexibility index (Phi) is 4.65. The second-order valence-electron chi connectivity index (χ2n) is 4.70. The zero-order valence-corrected chi connectivity index (χ0v) is 11.6. The number of hydrogen-bond donors (Lipinski definition) is 2. The van der Waals surface area contributed by atoms with Gasteiger partial charge < -0.3 is 10.6 Å². The van der Waals surface area contributed by atoms with Crippen molar-refractivity contribution in [2.45, 2.75) is 26.4 Å². The van der Waals surface area contributed by atoms with Gasteiger partial charge in [0.2, 0.25) is 0 Å². The van der Waals surface area contributed by atoms with E-state index in [0.717, 1.165) is 5.69 Å². The molecule has 0 fully saturated rings. The number of pyridine rings is 2. The van der Waals surface area contributed by atoms with Gasteiger partial charge in [-0.1, -0.05) is 6.07 Å². The zero-order chi connectivity index (χ0) is 14.4. The number of anilines is 1. The molecule has 0 aromatic carbocycles. The highest BCUT2D eigenvalue weighted by atomic mass is 16.1. The Labute approximate surface area is 118 Å². The summed E-state index contributed by atoms with van der Waals surface area (Å²) in [6, 6.07) is 9.33. The van der Waals surface area contributed by atoms with Crippen LogP contribution in [0.3, 0.4) is 0 Å². The van der Waals surface area contributed by atoms with Crippen molar-refractivity contribution in [2.75, 3.05) is 5.32 Å². The van der Waals surface area contributed by atoms with Gasteiger partial charge in [0.05, 0.1) is 17.8 Å². The molecule has 0 radical (unpaired) electrons. The molecule has 0 aliphatic carbocycles. The van der Waals surface area contributed by atoms with Crippen molar-refractivity contribution in [3.8, 4) is 0 Å². The summed E-state index contributed by atoms with van der Waals surface area (Å²) in [5.74, 6) is 0.438. The highest BCUT2D eigenvalue weighted by molar-refractivity contribution is 5.98. The summed E-state index contributed by atoms with van der Waals surface area (Å²) in [4.78, 5) is 20.6. The number of amides is 1. The average Bonchev–Trinajstić information content (AvgIpc) is 2.46. The lowest BCUT2D eigenvalue weighted by molar-refractivity contribution is 0.0951. The molecule has 0 aliphatic heterocycles. The fraction of sp³-hybridized carbons (Fsp3) is 0.267. The van der Waals surface area contributed by atoms with Crippen molar-refractivity contribution in [2.24, 2.45) is 0 Å². The van der Waals surface area contributed by atoms with E-state index in [4.69, 9.17) is 0 Å². The molecular formula is C15H18N4O. The Morgan fingerprint density at radius 3 is 2.65 bits per heavy atom. The Bertz CT molecular complexity index is 569. The monoisotopic (exact) mass is 270 g/mol. The van der Waals surface area contributed by atoms with Gasteiger partial charge >= 0.3 is 0 Å². The van der Waals surface area contributed by atoms with Crippen LogP contribution in [0, 0.1) is 0 Å². The molecule has 0 atom stereocenters. The van der Waals surface area contributed by atoms with E-state index in [1.54, 1.807) is 24.5 Å². The summed E-state index contributed by atoms with van der Waals surface area (Å²) in [6.07, 6.45) is 3.37. The molecule has 2 heterocycles. The Morgan fingerprint density at radius 1 is 1.15 bits per heavy atom. The summed E-state index contributed by atoms with van der Waals surface area (Å²) in [7, 11) is 0. The predicted molar refractivity (Wildman–Crippen MR) is 78.4 cm³/mol. The van der Waals surface area contributed by atoms with Crippen molar-refractivity contribution in [3.05, 3.63) is 54.0 Å². The van der Waals surface area contributed by atoms with Gasteiger partial charge in [-0.15, -0.1) is 0 Å². The Hall–Kier alpha value is -2.43. The van der Waals surface area contributed by atoms with Crippen molar-refractivity contribution in [1.82, 2.24) is 15.3 Å². The van der Waals surface area contributed by atoms with Crippen LogP contribution in [0.1, 0.15) is 29.9 Å². The number of nitrogens with zero attached hydrogens (tertiary/aromatic N) is 2. The van der Waals surface area contributed by atoms with Gasteiger partial charge in [0, 0.05) is 18.4 Å². The van der Waals surface area contributed by atoms with Crippen LogP contribution in [0.2, 0.25) is 0 Å². The summed E-state index contributed by atoms with van der Waals surface area (Å²) >= 11 is 0. The number of aromatic nitrogens is 2. The minimum absolute atomic E-state index is 0.160. The van der Waals surface area contributed by atoms with Crippen molar-refractivity contribution in [1.29, 1.82) is 0 Å². The molecule has 2 rings (SSSR count). The second kappa shape index (κ2) is 6.65. The van der Waals surface area contributed by atoms with Crippen molar-refractivity contribution >= 4 is 11.7 Å². The largest absolute Gasteiger partial charge is 0.367 e. The number of carbonyl (C=O) groups excluding carboxylic acids is 1. The maximum Gasteiger partial charge on any atom is 0.255 e. The Morgan fingerprint density at radius 2 is 1.95 bits per heavy atom. The SMILES string of the molecule is CC(C)Nc1ncccc1C(=O)NCc1ccccn1. The van der Waals surface area contributed by atoms with E-state index in [0.29, 0.717) is 17.9 Å². The molecule has 0 unspecified atom stereocenters. The van der Waals surface area contributed by atoms with Crippen LogP contribution in [0.25, 0.3) is 0 Å². The molecule has 2 aromatic rings. The summed E-state index contributed by atoms with van der Waals surface area (Å²) in [5.41, 5.74) is 1.36. The molecule has 104 valence electrons. The first-order valence-corrected chi connectivity index (χ1v) is 6.56. The number of carbonyl (C=O) groups is 1. The van der Waals surface area contributed by atoms with Crippen LogP contribution in [0.5, 0.6) is 0 Å². The van der Waals surface area contributed by atoms with Gasteiger partial charge in [-0.05, 0) is 38.1 Å². The number of nitrogens with one attached hydrogen (secondary N) is 2. The van der Waals surface area contributed by atoms with Crippen LogP contribution in [-0.4, -0.2) is 21.9 Å². The van der Waals surface area contributed by atoms with Gasteiger partial charge in [-0.2, -0.15) is 0 Å². The fourth-order valence-corrected chi connectivity index (χ4v) is 1.75. The van der Waals surface area contributed by atoms with Crippen LogP contribution in [-0.2, 0) is 6.54 Å². The molecule has 20 heavy (non-hydrogen) atoms. The quantitative estimate of drug-likeness (QED) is 0.874. The molecular weight excluding hydrogens is 252 g/mol. The number of rotatable bonds is 5. The lowest BCUT2D eigenvalue weighted by atomic mass is 10.2.